The van der Waals surface area contributed by atoms with E-state index in [4.69, 9.17) is 5.73 Å². The molecule has 7 nitrogen and oxygen atoms in total. The Bertz CT molecular complexity index is 825. The van der Waals surface area contributed by atoms with Gasteiger partial charge in [0, 0.05) is 45.0 Å². The van der Waals surface area contributed by atoms with Gasteiger partial charge in [-0.2, -0.15) is 4.39 Å². The number of halogens is 1. The van der Waals surface area contributed by atoms with Crippen LogP contribution >= 0.6 is 0 Å². The minimum absolute atomic E-state index is 0.263. The van der Waals surface area contributed by atoms with Crippen LogP contribution in [0.15, 0.2) is 36.7 Å². The topological polar surface area (TPSA) is 78.6 Å². The summed E-state index contributed by atoms with van der Waals surface area (Å²) in [5.41, 5.74) is 6.63. The number of amides is 1. The summed E-state index contributed by atoms with van der Waals surface area (Å²) in [7, 11) is 0. The van der Waals surface area contributed by atoms with Crippen molar-refractivity contribution in [2.45, 2.75) is 12.8 Å². The Labute approximate surface area is 164 Å². The Hall–Kier alpha value is -2.90. The number of para-hydroxylation sites is 1. The van der Waals surface area contributed by atoms with Crippen molar-refractivity contribution >= 4 is 23.2 Å². The molecule has 28 heavy (non-hydrogen) atoms. The molecular formula is C20H25FN6O. The molecule has 1 aromatic carbocycles. The zero-order valence-electron chi connectivity index (χ0n) is 15.8. The average Bonchev–Trinajstić information content (AvgIpc) is 2.75. The fourth-order valence-corrected chi connectivity index (χ4v) is 4.01. The molecule has 2 fully saturated rings. The van der Waals surface area contributed by atoms with Crippen LogP contribution in [0, 0.1) is 11.7 Å². The second-order valence-electron chi connectivity index (χ2n) is 7.33. The second kappa shape index (κ2) is 8.00. The normalized spacial score (nSPS) is 20.3. The lowest BCUT2D eigenvalue weighted by Gasteiger charge is -2.37. The number of carbonyl (C=O) groups is 1. The van der Waals surface area contributed by atoms with E-state index in [9.17, 15) is 4.79 Å². The van der Waals surface area contributed by atoms with Crippen LogP contribution in [0.25, 0.3) is 0 Å². The molecule has 2 aliphatic heterocycles. The van der Waals surface area contributed by atoms with Crippen LogP contribution in [-0.4, -0.2) is 55.1 Å². The van der Waals surface area contributed by atoms with Gasteiger partial charge in [0.05, 0.1) is 5.92 Å². The van der Waals surface area contributed by atoms with Gasteiger partial charge in [-0.3, -0.25) is 4.79 Å². The van der Waals surface area contributed by atoms with Crippen molar-refractivity contribution in [3.8, 4) is 0 Å². The van der Waals surface area contributed by atoms with Gasteiger partial charge in [-0.25, -0.2) is 9.97 Å². The Balaban J connectivity index is 1.48. The molecule has 1 unspecified atom stereocenters. The molecule has 1 atom stereocenters. The van der Waals surface area contributed by atoms with Crippen molar-refractivity contribution in [3.63, 3.8) is 0 Å². The zero-order valence-corrected chi connectivity index (χ0v) is 15.8. The van der Waals surface area contributed by atoms with Gasteiger partial charge in [0.15, 0.2) is 11.6 Å². The first-order valence-electron chi connectivity index (χ1n) is 9.73. The molecule has 4 rings (SSSR count). The summed E-state index contributed by atoms with van der Waals surface area (Å²) in [5, 5.41) is 0. The third-order valence-corrected chi connectivity index (χ3v) is 5.58. The Kier molecular flexibility index (Phi) is 5.27. The van der Waals surface area contributed by atoms with E-state index in [-0.39, 0.29) is 17.6 Å². The molecule has 0 bridgehead atoms. The highest BCUT2D eigenvalue weighted by Gasteiger charge is 2.29. The number of aromatic nitrogens is 2. The maximum absolute atomic E-state index is 15.3. The number of rotatable bonds is 4. The molecule has 8 heteroatoms. The van der Waals surface area contributed by atoms with Crippen LogP contribution in [0.5, 0.6) is 0 Å². The number of nitrogens with zero attached hydrogens (tertiary/aromatic N) is 5. The smallest absolute Gasteiger partial charge is 0.222 e. The van der Waals surface area contributed by atoms with E-state index >= 15 is 4.39 Å². The van der Waals surface area contributed by atoms with E-state index in [1.807, 2.05) is 28.0 Å². The predicted octanol–water partition coefficient (Wildman–Crippen LogP) is 1.64. The highest BCUT2D eigenvalue weighted by atomic mass is 19.1. The van der Waals surface area contributed by atoms with Crippen LogP contribution in [0.3, 0.4) is 0 Å². The quantitative estimate of drug-likeness (QED) is 0.864. The molecule has 2 aromatic rings. The first-order valence-corrected chi connectivity index (χ1v) is 9.73. The molecule has 0 aliphatic carbocycles. The molecule has 3 heterocycles. The SMILES string of the molecule is NC(=O)C1CCCN(c2ncnc(N3CCN(c4ccccc4)CC3)c2F)C1. The molecular weight excluding hydrogens is 359 g/mol. The third-order valence-electron chi connectivity index (χ3n) is 5.58. The van der Waals surface area contributed by atoms with Crippen LogP contribution in [-0.2, 0) is 4.79 Å². The summed E-state index contributed by atoms with van der Waals surface area (Å²) in [6, 6.07) is 10.2. The lowest BCUT2D eigenvalue weighted by molar-refractivity contribution is -0.122. The summed E-state index contributed by atoms with van der Waals surface area (Å²) < 4.78 is 15.3. The Morgan fingerprint density at radius 3 is 2.29 bits per heavy atom. The van der Waals surface area contributed by atoms with E-state index in [2.05, 4.69) is 27.0 Å². The van der Waals surface area contributed by atoms with E-state index in [1.165, 1.54) is 12.0 Å². The number of hydrogen-bond acceptors (Lipinski definition) is 6. The van der Waals surface area contributed by atoms with Crippen molar-refractivity contribution in [2.75, 3.05) is 54.0 Å². The van der Waals surface area contributed by atoms with Gasteiger partial charge >= 0.3 is 0 Å². The van der Waals surface area contributed by atoms with Crippen LogP contribution < -0.4 is 20.4 Å². The largest absolute Gasteiger partial charge is 0.369 e. The molecule has 2 aliphatic rings. The second-order valence-corrected chi connectivity index (χ2v) is 7.33. The maximum atomic E-state index is 15.3. The summed E-state index contributed by atoms with van der Waals surface area (Å²) in [4.78, 5) is 26.0. The standard InChI is InChI=1S/C20H25FN6O/c21-17-19(26-11-9-25(10-12-26)16-6-2-1-3-7-16)23-14-24-20(17)27-8-4-5-15(13-27)18(22)28/h1-3,6-7,14-15H,4-5,8-13H2,(H2,22,28). The van der Waals surface area contributed by atoms with Crippen molar-refractivity contribution in [3.05, 3.63) is 42.5 Å². The minimum atomic E-state index is -0.416. The van der Waals surface area contributed by atoms with Gasteiger partial charge in [0.25, 0.3) is 0 Å². The fourth-order valence-electron chi connectivity index (χ4n) is 4.01. The monoisotopic (exact) mass is 384 g/mol. The van der Waals surface area contributed by atoms with Crippen molar-refractivity contribution in [1.29, 1.82) is 0 Å². The average molecular weight is 384 g/mol. The number of primary amides is 1. The van der Waals surface area contributed by atoms with Gasteiger partial charge in [0.1, 0.15) is 6.33 Å². The van der Waals surface area contributed by atoms with Gasteiger partial charge in [0.2, 0.25) is 11.7 Å². The summed E-state index contributed by atoms with van der Waals surface area (Å²) in [6.45, 7) is 4.05. The van der Waals surface area contributed by atoms with Gasteiger partial charge < -0.3 is 20.4 Å². The first-order chi connectivity index (χ1) is 13.6. The molecule has 1 amide bonds. The van der Waals surface area contributed by atoms with Crippen molar-refractivity contribution < 1.29 is 9.18 Å². The highest BCUT2D eigenvalue weighted by Crippen LogP contribution is 2.29. The molecule has 148 valence electrons. The van der Waals surface area contributed by atoms with E-state index in [0.717, 1.165) is 25.9 Å². The predicted molar refractivity (Wildman–Crippen MR) is 107 cm³/mol. The number of carbonyl (C=O) groups excluding carboxylic acids is 1. The minimum Gasteiger partial charge on any atom is -0.369 e. The first kappa shape index (κ1) is 18.5. The number of benzene rings is 1. The van der Waals surface area contributed by atoms with E-state index in [0.29, 0.717) is 32.0 Å². The van der Waals surface area contributed by atoms with Gasteiger partial charge in [-0.05, 0) is 25.0 Å². The number of piperidine rings is 1. The summed E-state index contributed by atoms with van der Waals surface area (Å²) in [6.07, 6.45) is 2.94. The van der Waals surface area contributed by atoms with Gasteiger partial charge in [-0.15, -0.1) is 0 Å². The van der Waals surface area contributed by atoms with E-state index < -0.39 is 5.82 Å². The molecule has 2 saturated heterocycles. The lowest BCUT2D eigenvalue weighted by atomic mass is 9.97. The number of hydrogen-bond donors (Lipinski definition) is 1. The van der Waals surface area contributed by atoms with Gasteiger partial charge in [-0.1, -0.05) is 18.2 Å². The summed E-state index contributed by atoms with van der Waals surface area (Å²) in [5.74, 6) is -0.418. The highest BCUT2D eigenvalue weighted by molar-refractivity contribution is 5.77. The molecule has 1 aromatic heterocycles. The summed E-state index contributed by atoms with van der Waals surface area (Å²) >= 11 is 0. The molecule has 0 spiro atoms. The number of anilines is 3. The Morgan fingerprint density at radius 2 is 1.61 bits per heavy atom. The fraction of sp³-hybridized carbons (Fsp3) is 0.450. The zero-order chi connectivity index (χ0) is 19.5. The molecule has 2 N–H and O–H groups in total. The van der Waals surface area contributed by atoms with Crippen LogP contribution in [0.4, 0.5) is 21.7 Å². The molecule has 0 saturated carbocycles. The number of nitrogens with two attached hydrogens (primary N) is 1. The molecule has 0 radical (unpaired) electrons. The maximum Gasteiger partial charge on any atom is 0.222 e. The van der Waals surface area contributed by atoms with Crippen molar-refractivity contribution in [2.24, 2.45) is 11.7 Å². The Morgan fingerprint density at radius 1 is 0.964 bits per heavy atom. The lowest BCUT2D eigenvalue weighted by Crippen LogP contribution is -2.47. The van der Waals surface area contributed by atoms with Crippen LogP contribution in [0.2, 0.25) is 0 Å². The van der Waals surface area contributed by atoms with Crippen LogP contribution in [0.1, 0.15) is 12.8 Å². The number of piperazine rings is 1. The third kappa shape index (κ3) is 3.72. The van der Waals surface area contributed by atoms with E-state index in [1.54, 1.807) is 0 Å². The van der Waals surface area contributed by atoms with Crippen molar-refractivity contribution in [1.82, 2.24) is 9.97 Å².